The molecular weight excluding hydrogens is 556 g/mol. The van der Waals surface area contributed by atoms with Crippen LogP contribution in [0.15, 0.2) is 73.8 Å². The van der Waals surface area contributed by atoms with Crippen LogP contribution in [0.1, 0.15) is 42.9 Å². The molecule has 2 amide bonds. The van der Waals surface area contributed by atoms with Crippen molar-refractivity contribution in [1.29, 1.82) is 0 Å². The Kier molecular flexibility index (Phi) is 8.87. The van der Waals surface area contributed by atoms with E-state index in [-0.39, 0.29) is 13.2 Å². The minimum absolute atomic E-state index is 0.135. The maximum absolute atomic E-state index is 14.8. The number of hydrogen-bond acceptors (Lipinski definition) is 6. The molecule has 42 heavy (non-hydrogen) atoms. The quantitative estimate of drug-likeness (QED) is 0.216. The third-order valence-corrected chi connectivity index (χ3v) is 9.08. The Morgan fingerprint density at radius 3 is 2.64 bits per heavy atom. The highest BCUT2D eigenvalue weighted by Crippen LogP contribution is 2.60. The van der Waals surface area contributed by atoms with Crippen molar-refractivity contribution in [3.8, 4) is 0 Å². The summed E-state index contributed by atoms with van der Waals surface area (Å²) in [6.45, 7) is 9.34. The third kappa shape index (κ3) is 4.95. The molecule has 0 radical (unpaired) electrons. The van der Waals surface area contributed by atoms with Gasteiger partial charge in [-0.25, -0.2) is 0 Å². The van der Waals surface area contributed by atoms with Gasteiger partial charge in [-0.3, -0.25) is 14.4 Å². The summed E-state index contributed by atoms with van der Waals surface area (Å²) >= 11 is 6.64. The fourth-order valence-electron chi connectivity index (χ4n) is 7.03. The van der Waals surface area contributed by atoms with E-state index in [0.717, 1.165) is 5.56 Å². The molecule has 9 heteroatoms. The van der Waals surface area contributed by atoms with Gasteiger partial charge in [-0.2, -0.15) is 0 Å². The molecule has 3 saturated heterocycles. The normalized spacial score (nSPS) is 26.5. The number of aliphatic hydroxyl groups is 1. The van der Waals surface area contributed by atoms with Crippen molar-refractivity contribution < 1.29 is 29.0 Å². The molecule has 2 aromatic rings. The first-order valence-electron chi connectivity index (χ1n) is 14.4. The number of fused-ring (bicyclic) bond motifs is 1. The molecule has 0 aromatic heterocycles. The van der Waals surface area contributed by atoms with Crippen LogP contribution in [0.25, 0.3) is 0 Å². The zero-order chi connectivity index (χ0) is 30.0. The molecule has 3 aliphatic heterocycles. The Hall–Kier alpha value is -3.46. The number of unbranched alkanes of at least 4 members (excludes halogenated alkanes) is 1. The van der Waals surface area contributed by atoms with E-state index in [1.165, 1.54) is 9.80 Å². The van der Waals surface area contributed by atoms with E-state index in [9.17, 15) is 19.5 Å². The number of ether oxygens (including phenoxy) is 2. The standard InChI is InChI=1S/C33H37ClN2O6/c1-4-6-10-19-41-32(40)26-25-16-17-33(42-25)27(26)30(38)36(24(20-37)22-13-8-7-9-14-22)29(33)31(39)35(18-5-2)28-21(3)12-11-15-23(28)34/h4-5,7-9,11-15,24-27,29,37H,1-2,6,10,16-20H2,3H3/t24-,25+,26-,27+,29?,33?/m1/s1. The summed E-state index contributed by atoms with van der Waals surface area (Å²) < 4.78 is 12.2. The Balaban J connectivity index is 1.61. The minimum Gasteiger partial charge on any atom is -0.465 e. The topological polar surface area (TPSA) is 96.4 Å². The number of carbonyl (C=O) groups excluding carboxylic acids is 3. The zero-order valence-corrected chi connectivity index (χ0v) is 24.5. The molecule has 3 fully saturated rings. The lowest BCUT2D eigenvalue weighted by molar-refractivity contribution is -0.156. The van der Waals surface area contributed by atoms with Gasteiger partial charge < -0.3 is 24.4 Å². The molecule has 8 nitrogen and oxygen atoms in total. The van der Waals surface area contributed by atoms with Gasteiger partial charge in [0, 0.05) is 6.54 Å². The molecular formula is C33H37ClN2O6. The number of hydrogen-bond donors (Lipinski definition) is 1. The van der Waals surface area contributed by atoms with Gasteiger partial charge in [-0.1, -0.05) is 66.2 Å². The average molecular weight is 593 g/mol. The fourth-order valence-corrected chi connectivity index (χ4v) is 7.36. The SMILES string of the molecule is C=CCCCOC(=O)[C@@H]1[C@@H]2CCC3(O2)C(C(=O)N(CC=C)c2c(C)cccc2Cl)N([C@H](CO)c2ccccc2)C(=O)[C@H]13. The first-order chi connectivity index (χ1) is 20.3. The van der Waals surface area contributed by atoms with E-state index in [2.05, 4.69) is 13.2 Å². The van der Waals surface area contributed by atoms with Crippen molar-refractivity contribution in [2.45, 2.75) is 56.4 Å². The highest BCUT2D eigenvalue weighted by molar-refractivity contribution is 6.34. The van der Waals surface area contributed by atoms with E-state index in [4.69, 9.17) is 21.1 Å². The van der Waals surface area contributed by atoms with Crippen LogP contribution >= 0.6 is 11.6 Å². The van der Waals surface area contributed by atoms with Gasteiger partial charge in [0.05, 0.1) is 47.9 Å². The first-order valence-corrected chi connectivity index (χ1v) is 14.8. The van der Waals surface area contributed by atoms with Gasteiger partial charge >= 0.3 is 5.97 Å². The van der Waals surface area contributed by atoms with Crippen molar-refractivity contribution in [1.82, 2.24) is 4.90 Å². The van der Waals surface area contributed by atoms with E-state index in [0.29, 0.717) is 42.0 Å². The molecule has 2 bridgehead atoms. The molecule has 2 aromatic carbocycles. The van der Waals surface area contributed by atoms with Crippen molar-refractivity contribution in [2.75, 3.05) is 24.7 Å². The van der Waals surface area contributed by atoms with Crippen molar-refractivity contribution in [3.05, 3.63) is 90.0 Å². The summed E-state index contributed by atoms with van der Waals surface area (Å²) in [5.74, 6) is -3.08. The highest BCUT2D eigenvalue weighted by Gasteiger charge is 2.75. The van der Waals surface area contributed by atoms with Crippen LogP contribution < -0.4 is 4.90 Å². The largest absolute Gasteiger partial charge is 0.465 e. The summed E-state index contributed by atoms with van der Waals surface area (Å²) in [5.41, 5.74) is 0.703. The number of esters is 1. The molecule has 5 rings (SSSR count). The summed E-state index contributed by atoms with van der Waals surface area (Å²) in [7, 11) is 0. The third-order valence-electron chi connectivity index (χ3n) is 8.77. The molecule has 0 aliphatic carbocycles. The molecule has 1 spiro atoms. The van der Waals surface area contributed by atoms with Crippen molar-refractivity contribution in [2.24, 2.45) is 11.8 Å². The van der Waals surface area contributed by atoms with Crippen LogP contribution in [0.4, 0.5) is 5.69 Å². The number of carbonyl (C=O) groups is 3. The number of benzene rings is 2. The van der Waals surface area contributed by atoms with E-state index in [1.807, 2.05) is 49.4 Å². The van der Waals surface area contributed by atoms with E-state index >= 15 is 0 Å². The van der Waals surface area contributed by atoms with Crippen LogP contribution in [-0.4, -0.2) is 65.3 Å². The minimum atomic E-state index is -1.26. The monoisotopic (exact) mass is 592 g/mol. The smallest absolute Gasteiger partial charge is 0.312 e. The second kappa shape index (κ2) is 12.4. The second-order valence-corrected chi connectivity index (χ2v) is 11.6. The average Bonchev–Trinajstić information content (AvgIpc) is 3.63. The summed E-state index contributed by atoms with van der Waals surface area (Å²) in [4.78, 5) is 45.8. The zero-order valence-electron chi connectivity index (χ0n) is 23.8. The summed E-state index contributed by atoms with van der Waals surface area (Å²) in [6, 6.07) is 12.5. The van der Waals surface area contributed by atoms with Crippen molar-refractivity contribution >= 4 is 35.1 Å². The number of para-hydroxylation sites is 1. The van der Waals surface area contributed by atoms with E-state index < -0.39 is 60.0 Å². The van der Waals surface area contributed by atoms with Crippen LogP contribution in [-0.2, 0) is 23.9 Å². The van der Waals surface area contributed by atoms with Crippen LogP contribution in [0, 0.1) is 18.8 Å². The number of rotatable bonds is 12. The molecule has 3 aliphatic rings. The van der Waals surface area contributed by atoms with Gasteiger partial charge in [0.2, 0.25) is 5.91 Å². The van der Waals surface area contributed by atoms with Gasteiger partial charge in [0.25, 0.3) is 5.91 Å². The van der Waals surface area contributed by atoms with Crippen LogP contribution in [0.2, 0.25) is 5.02 Å². The first kappa shape index (κ1) is 30.0. The summed E-state index contributed by atoms with van der Waals surface area (Å²) in [6.07, 6.45) is 5.07. The lowest BCUT2D eigenvalue weighted by Crippen LogP contribution is -2.57. The number of anilines is 1. The lowest BCUT2D eigenvalue weighted by Gasteiger charge is -2.39. The second-order valence-electron chi connectivity index (χ2n) is 11.2. The van der Waals surface area contributed by atoms with Gasteiger partial charge in [-0.15, -0.1) is 13.2 Å². The van der Waals surface area contributed by atoms with Crippen LogP contribution in [0.3, 0.4) is 0 Å². The number of aliphatic hydroxyl groups excluding tert-OH is 1. The van der Waals surface area contributed by atoms with Gasteiger partial charge in [-0.05, 0) is 49.8 Å². The molecule has 0 saturated carbocycles. The fraction of sp³-hybridized carbons (Fsp3) is 0.424. The number of nitrogens with zero attached hydrogens (tertiary/aromatic N) is 2. The molecule has 3 heterocycles. The number of halogens is 1. The maximum atomic E-state index is 14.8. The van der Waals surface area contributed by atoms with Crippen LogP contribution in [0.5, 0.6) is 0 Å². The lowest BCUT2D eigenvalue weighted by atomic mass is 9.70. The number of allylic oxidation sites excluding steroid dienone is 1. The predicted octanol–water partition coefficient (Wildman–Crippen LogP) is 4.79. The Labute approximate surface area is 251 Å². The molecule has 6 atom stereocenters. The predicted molar refractivity (Wildman–Crippen MR) is 160 cm³/mol. The highest BCUT2D eigenvalue weighted by atomic mass is 35.5. The Morgan fingerprint density at radius 1 is 1.21 bits per heavy atom. The maximum Gasteiger partial charge on any atom is 0.312 e. The number of aryl methyl sites for hydroxylation is 1. The van der Waals surface area contributed by atoms with Crippen molar-refractivity contribution in [3.63, 3.8) is 0 Å². The molecule has 1 N–H and O–H groups in total. The Morgan fingerprint density at radius 2 is 1.98 bits per heavy atom. The summed E-state index contributed by atoms with van der Waals surface area (Å²) in [5, 5.41) is 11.1. The Bertz CT molecular complexity index is 1350. The van der Waals surface area contributed by atoms with Gasteiger partial charge in [0.1, 0.15) is 11.6 Å². The van der Waals surface area contributed by atoms with Gasteiger partial charge in [0.15, 0.2) is 0 Å². The number of likely N-dealkylation sites (tertiary alicyclic amines) is 1. The molecule has 2 unspecified atom stereocenters. The van der Waals surface area contributed by atoms with E-state index in [1.54, 1.807) is 18.2 Å². The number of amides is 2. The molecule has 222 valence electrons.